The molecule has 0 aromatic carbocycles. The summed E-state index contributed by atoms with van der Waals surface area (Å²) in [4.78, 5) is 0. The number of aliphatic hydroxyl groups excluding tert-OH is 8. The molecule has 0 aliphatic rings. The third kappa shape index (κ3) is 16.8. The van der Waals surface area contributed by atoms with Crippen molar-refractivity contribution in [1.29, 1.82) is 0 Å². The van der Waals surface area contributed by atoms with Crippen LogP contribution in [0.5, 0.6) is 0 Å². The molecule has 8 N–H and O–H groups in total. The predicted molar refractivity (Wildman–Crippen MR) is 156 cm³/mol. The van der Waals surface area contributed by atoms with Crippen molar-refractivity contribution < 1.29 is 58.8 Å². The Morgan fingerprint density at radius 3 is 0.850 bits per heavy atom. The van der Waals surface area contributed by atoms with Gasteiger partial charge in [0, 0.05) is 0 Å². The Kier molecular flexibility index (Phi) is 17.4. The van der Waals surface area contributed by atoms with Gasteiger partial charge >= 0.3 is 0 Å². The van der Waals surface area contributed by atoms with Gasteiger partial charge in [-0.2, -0.15) is 0 Å². The zero-order valence-electron chi connectivity index (χ0n) is 26.7. The van der Waals surface area contributed by atoms with Gasteiger partial charge in [0.2, 0.25) is 0 Å². The molecule has 0 rings (SSSR count). The van der Waals surface area contributed by atoms with E-state index in [1.165, 1.54) is 0 Å². The van der Waals surface area contributed by atoms with E-state index in [9.17, 15) is 40.9 Å². The lowest BCUT2D eigenvalue weighted by molar-refractivity contribution is -0.991. The number of likely N-dealkylation sites (N-methyl/N-ethyl adjacent to an activating group) is 2. The van der Waals surface area contributed by atoms with E-state index in [1.54, 1.807) is 27.7 Å². The van der Waals surface area contributed by atoms with Gasteiger partial charge in [-0.1, -0.05) is 0 Å². The summed E-state index contributed by atoms with van der Waals surface area (Å²) in [5.41, 5.74) is 0. The van der Waals surface area contributed by atoms with Crippen molar-refractivity contribution in [3.8, 4) is 0 Å². The molecular weight excluding hydrogens is 520 g/mol. The summed E-state index contributed by atoms with van der Waals surface area (Å²) in [5, 5.41) is 83.3. The van der Waals surface area contributed by atoms with Gasteiger partial charge in [-0.3, -0.25) is 0 Å². The molecule has 12 nitrogen and oxygen atoms in total. The summed E-state index contributed by atoms with van der Waals surface area (Å²) in [5.74, 6) is 0. The van der Waals surface area contributed by atoms with E-state index in [1.807, 2.05) is 28.2 Å². The molecule has 0 aromatic heterocycles. The first-order valence-corrected chi connectivity index (χ1v) is 14.8. The largest absolute Gasteiger partial charge is 0.391 e. The van der Waals surface area contributed by atoms with Gasteiger partial charge in [-0.25, -0.2) is 0 Å². The van der Waals surface area contributed by atoms with E-state index >= 15 is 0 Å². The highest BCUT2D eigenvalue weighted by Crippen LogP contribution is 2.20. The molecule has 0 aromatic rings. The maximum atomic E-state index is 11.2. The second-order valence-electron chi connectivity index (χ2n) is 14.1. The fourth-order valence-electron chi connectivity index (χ4n) is 6.54. The molecule has 242 valence electrons. The van der Waals surface area contributed by atoms with Crippen LogP contribution in [0.2, 0.25) is 0 Å². The first-order chi connectivity index (χ1) is 18.2. The van der Waals surface area contributed by atoms with Crippen LogP contribution < -0.4 is 0 Å². The molecule has 12 heteroatoms. The van der Waals surface area contributed by atoms with Crippen LogP contribution in [0.1, 0.15) is 27.7 Å². The fraction of sp³-hybridized carbons (Fsp3) is 1.00. The van der Waals surface area contributed by atoms with Crippen molar-refractivity contribution in [2.45, 2.75) is 64.3 Å². The van der Waals surface area contributed by atoms with Crippen molar-refractivity contribution in [2.75, 3.05) is 120 Å². The maximum Gasteiger partial charge on any atom is 0.152 e. The molecule has 0 heterocycles. The van der Waals surface area contributed by atoms with E-state index in [2.05, 4.69) is 0 Å². The standard InChI is InChI=1S/C28H66N4O8/c1-23(35)15-31(16-24(2)36,21-27(39)19-29(5,6)11-13-33)9-10-32(17-25(3)37,18-26(4)38)22-28(40)20-30(7,8)12-14-34/h23-28,33-40H,9-22H2,1-8H3/q+4. The lowest BCUT2D eigenvalue weighted by Crippen LogP contribution is -2.67. The first-order valence-electron chi connectivity index (χ1n) is 14.8. The van der Waals surface area contributed by atoms with Crippen molar-refractivity contribution >= 4 is 0 Å². The average molecular weight is 587 g/mol. The summed E-state index contributed by atoms with van der Waals surface area (Å²) in [7, 11) is 7.73. The first kappa shape index (κ1) is 39.5. The van der Waals surface area contributed by atoms with Crippen molar-refractivity contribution in [1.82, 2.24) is 0 Å². The molecule has 0 saturated heterocycles. The molecular formula is C28H66N4O8+4. The lowest BCUT2D eigenvalue weighted by Gasteiger charge is -2.47. The van der Waals surface area contributed by atoms with Crippen LogP contribution >= 0.6 is 0 Å². The zero-order valence-corrected chi connectivity index (χ0v) is 26.7. The van der Waals surface area contributed by atoms with Crippen LogP contribution in [0.15, 0.2) is 0 Å². The molecule has 0 radical (unpaired) electrons. The molecule has 0 saturated carbocycles. The lowest BCUT2D eigenvalue weighted by atomic mass is 10.1. The van der Waals surface area contributed by atoms with Gasteiger partial charge in [0.25, 0.3) is 0 Å². The fourth-order valence-corrected chi connectivity index (χ4v) is 6.54. The molecule has 0 aliphatic carbocycles. The van der Waals surface area contributed by atoms with Gasteiger partial charge in [-0.05, 0) is 27.7 Å². The number of aliphatic hydroxyl groups is 8. The molecule has 0 aliphatic heterocycles. The number of quaternary nitrogens is 4. The van der Waals surface area contributed by atoms with Crippen LogP contribution in [0, 0.1) is 0 Å². The highest BCUT2D eigenvalue weighted by atomic mass is 16.3. The highest BCUT2D eigenvalue weighted by Gasteiger charge is 2.41. The van der Waals surface area contributed by atoms with Gasteiger partial charge in [-0.15, -0.1) is 0 Å². The highest BCUT2D eigenvalue weighted by molar-refractivity contribution is 4.65. The smallest absolute Gasteiger partial charge is 0.152 e. The maximum absolute atomic E-state index is 11.2. The van der Waals surface area contributed by atoms with Crippen molar-refractivity contribution in [2.24, 2.45) is 0 Å². The quantitative estimate of drug-likeness (QED) is 0.0588. The van der Waals surface area contributed by atoms with Crippen LogP contribution in [-0.2, 0) is 0 Å². The van der Waals surface area contributed by atoms with E-state index in [0.29, 0.717) is 74.4 Å². The number of hydrogen-bond donors (Lipinski definition) is 8. The second-order valence-corrected chi connectivity index (χ2v) is 14.1. The molecule has 6 atom stereocenters. The van der Waals surface area contributed by atoms with Gasteiger partial charge in [0.15, 0.2) is 12.2 Å². The third-order valence-electron chi connectivity index (χ3n) is 7.67. The summed E-state index contributed by atoms with van der Waals surface area (Å²) < 4.78 is 1.27. The second kappa shape index (κ2) is 17.6. The average Bonchev–Trinajstić information content (AvgIpc) is 2.68. The molecule has 0 spiro atoms. The normalized spacial score (nSPS) is 20.7. The summed E-state index contributed by atoms with van der Waals surface area (Å²) in [6, 6.07) is 0. The molecule has 0 amide bonds. The van der Waals surface area contributed by atoms with Crippen LogP contribution in [0.25, 0.3) is 0 Å². The minimum Gasteiger partial charge on any atom is -0.391 e. The predicted octanol–water partition coefficient (Wildman–Crippen LogP) is -3.00. The van der Waals surface area contributed by atoms with Crippen molar-refractivity contribution in [3.05, 3.63) is 0 Å². The Labute approximate surface area is 243 Å². The Morgan fingerprint density at radius 1 is 0.400 bits per heavy atom. The minimum absolute atomic E-state index is 0.00406. The van der Waals surface area contributed by atoms with Crippen LogP contribution in [-0.4, -0.2) is 215 Å². The molecule has 6 unspecified atom stereocenters. The Morgan fingerprint density at radius 2 is 0.650 bits per heavy atom. The Balaban J connectivity index is 6.36. The zero-order chi connectivity index (χ0) is 31.4. The monoisotopic (exact) mass is 586 g/mol. The van der Waals surface area contributed by atoms with Gasteiger partial charge in [0.05, 0.1) is 41.4 Å². The molecule has 0 bridgehead atoms. The minimum atomic E-state index is -0.767. The summed E-state index contributed by atoms with van der Waals surface area (Å²) in [6.07, 6.45) is -4.35. The van der Waals surface area contributed by atoms with Gasteiger partial charge < -0.3 is 58.8 Å². The SMILES string of the molecule is CC(O)C[N+](CC[N+](CC(C)O)(CC(C)O)CC(O)C[N+](C)(C)CCO)(CC(C)O)CC(O)C[N+](C)(C)CCO. The van der Waals surface area contributed by atoms with Gasteiger partial charge in [0.1, 0.15) is 103 Å². The Bertz CT molecular complexity index is 601. The van der Waals surface area contributed by atoms with E-state index in [4.69, 9.17) is 0 Å². The Hall–Kier alpha value is -0.480. The molecule has 0 fully saturated rings. The topological polar surface area (TPSA) is 162 Å². The van der Waals surface area contributed by atoms with E-state index in [-0.39, 0.29) is 35.3 Å². The summed E-state index contributed by atoms with van der Waals surface area (Å²) >= 11 is 0. The number of hydrogen-bond acceptors (Lipinski definition) is 8. The van der Waals surface area contributed by atoms with E-state index in [0.717, 1.165) is 0 Å². The summed E-state index contributed by atoms with van der Waals surface area (Å²) in [6.45, 7) is 11.1. The number of rotatable bonds is 23. The van der Waals surface area contributed by atoms with Crippen LogP contribution in [0.4, 0.5) is 0 Å². The van der Waals surface area contributed by atoms with E-state index < -0.39 is 36.6 Å². The third-order valence-corrected chi connectivity index (χ3v) is 7.67. The molecule has 40 heavy (non-hydrogen) atoms. The van der Waals surface area contributed by atoms with Crippen LogP contribution in [0.3, 0.4) is 0 Å². The van der Waals surface area contributed by atoms with Crippen molar-refractivity contribution in [3.63, 3.8) is 0 Å². The number of nitrogens with zero attached hydrogens (tertiary/aromatic N) is 4.